The number of rotatable bonds is 4. The number of aromatic nitrogens is 3. The molecule has 20 heavy (non-hydrogen) atoms. The number of benzene rings is 1. The van der Waals surface area contributed by atoms with Crippen LogP contribution in [0.5, 0.6) is 5.75 Å². The topological polar surface area (TPSA) is 47.9 Å². The minimum atomic E-state index is 0.423. The van der Waals surface area contributed by atoms with Crippen molar-refractivity contribution >= 4 is 22.9 Å². The Bertz CT molecular complexity index is 685. The number of nitrogens with zero attached hydrogens (tertiary/aromatic N) is 3. The van der Waals surface area contributed by atoms with Crippen LogP contribution >= 0.6 is 22.9 Å². The smallest absolute Gasteiger partial charge is 0.140 e. The largest absolute Gasteiger partial charge is 0.486 e. The minimum Gasteiger partial charge on any atom is -0.486 e. The molecule has 0 unspecified atom stereocenters. The van der Waals surface area contributed by atoms with E-state index in [9.17, 15) is 0 Å². The van der Waals surface area contributed by atoms with E-state index in [4.69, 9.17) is 16.3 Å². The van der Waals surface area contributed by atoms with Crippen LogP contribution in [0.4, 0.5) is 0 Å². The van der Waals surface area contributed by atoms with E-state index in [1.54, 1.807) is 30.7 Å². The molecule has 100 valence electrons. The Morgan fingerprint density at radius 3 is 2.70 bits per heavy atom. The molecule has 1 aromatic carbocycles. The molecule has 0 saturated heterocycles. The van der Waals surface area contributed by atoms with E-state index < -0.39 is 0 Å². The molecule has 0 N–H and O–H groups in total. The molecule has 0 saturated carbocycles. The molecule has 0 atom stereocenters. The minimum absolute atomic E-state index is 0.423. The summed E-state index contributed by atoms with van der Waals surface area (Å²) in [5.74, 6) is 0.769. The second kappa shape index (κ2) is 5.98. The first-order valence-corrected chi connectivity index (χ1v) is 7.16. The molecule has 0 aliphatic rings. The molecule has 0 fully saturated rings. The van der Waals surface area contributed by atoms with E-state index >= 15 is 0 Å². The maximum absolute atomic E-state index is 5.82. The van der Waals surface area contributed by atoms with Crippen LogP contribution in [0.25, 0.3) is 11.4 Å². The van der Waals surface area contributed by atoms with E-state index in [1.807, 2.05) is 17.5 Å². The van der Waals surface area contributed by atoms with Gasteiger partial charge in [-0.25, -0.2) is 4.98 Å². The summed E-state index contributed by atoms with van der Waals surface area (Å²) in [5.41, 5.74) is 1.58. The lowest BCUT2D eigenvalue weighted by molar-refractivity contribution is 0.305. The molecule has 6 heteroatoms. The molecule has 0 bridgehead atoms. The van der Waals surface area contributed by atoms with E-state index in [-0.39, 0.29) is 0 Å². The van der Waals surface area contributed by atoms with E-state index in [0.29, 0.717) is 11.6 Å². The van der Waals surface area contributed by atoms with Crippen molar-refractivity contribution in [3.05, 3.63) is 58.3 Å². The number of halogens is 1. The van der Waals surface area contributed by atoms with E-state index in [1.165, 1.54) is 11.3 Å². The first-order chi connectivity index (χ1) is 9.81. The first-order valence-electron chi connectivity index (χ1n) is 5.90. The molecule has 2 heterocycles. The zero-order valence-corrected chi connectivity index (χ0v) is 11.9. The second-order valence-corrected chi connectivity index (χ2v) is 5.34. The molecule has 0 aliphatic carbocycles. The van der Waals surface area contributed by atoms with Crippen molar-refractivity contribution in [2.75, 3.05) is 0 Å². The van der Waals surface area contributed by atoms with Gasteiger partial charge < -0.3 is 4.74 Å². The number of thiazole rings is 1. The lowest BCUT2D eigenvalue weighted by Crippen LogP contribution is -1.94. The fourth-order valence-corrected chi connectivity index (χ4v) is 2.43. The van der Waals surface area contributed by atoms with Gasteiger partial charge in [0, 0.05) is 22.8 Å². The monoisotopic (exact) mass is 303 g/mol. The average molecular weight is 304 g/mol. The maximum atomic E-state index is 5.82. The number of ether oxygens (including phenoxy) is 1. The summed E-state index contributed by atoms with van der Waals surface area (Å²) >= 11 is 7.36. The predicted octanol–water partition coefficient (Wildman–Crippen LogP) is 3.83. The zero-order valence-electron chi connectivity index (χ0n) is 10.4. The van der Waals surface area contributed by atoms with Gasteiger partial charge >= 0.3 is 0 Å². The van der Waals surface area contributed by atoms with Gasteiger partial charge in [0.1, 0.15) is 28.8 Å². The van der Waals surface area contributed by atoms with Crippen molar-refractivity contribution in [3.63, 3.8) is 0 Å². The van der Waals surface area contributed by atoms with Crippen LogP contribution < -0.4 is 4.74 Å². The first kappa shape index (κ1) is 13.0. The Hall–Kier alpha value is -1.98. The Morgan fingerprint density at radius 2 is 1.95 bits per heavy atom. The Morgan fingerprint density at radius 1 is 1.10 bits per heavy atom. The molecule has 0 aliphatic heterocycles. The highest BCUT2D eigenvalue weighted by molar-refractivity contribution is 7.09. The standard InChI is InChI=1S/C14H10ClN3OS/c15-10-1-3-11(4-2-10)19-8-14-18-13(9-20-14)12-7-16-5-6-17-12/h1-7,9H,8H2. The lowest BCUT2D eigenvalue weighted by Gasteiger charge is -2.03. The highest BCUT2D eigenvalue weighted by atomic mass is 35.5. The second-order valence-electron chi connectivity index (χ2n) is 3.96. The highest BCUT2D eigenvalue weighted by Gasteiger charge is 2.06. The summed E-state index contributed by atoms with van der Waals surface area (Å²) in [5, 5.41) is 3.53. The van der Waals surface area contributed by atoms with Crippen molar-refractivity contribution in [1.82, 2.24) is 15.0 Å². The third-order valence-electron chi connectivity index (χ3n) is 2.55. The third kappa shape index (κ3) is 3.12. The number of hydrogen-bond acceptors (Lipinski definition) is 5. The van der Waals surface area contributed by atoms with Gasteiger partial charge in [-0.1, -0.05) is 11.6 Å². The molecule has 2 aromatic heterocycles. The fourth-order valence-electron chi connectivity index (χ4n) is 1.60. The molecular formula is C14H10ClN3OS. The van der Waals surface area contributed by atoms with Crippen LogP contribution in [0.1, 0.15) is 5.01 Å². The van der Waals surface area contributed by atoms with Crippen LogP contribution in [0.2, 0.25) is 5.02 Å². The molecule has 3 rings (SSSR count). The summed E-state index contributed by atoms with van der Waals surface area (Å²) in [6.07, 6.45) is 4.98. The van der Waals surface area contributed by atoms with Gasteiger partial charge in [-0.2, -0.15) is 0 Å². The summed E-state index contributed by atoms with van der Waals surface area (Å²) < 4.78 is 5.65. The predicted molar refractivity (Wildman–Crippen MR) is 78.9 cm³/mol. The third-order valence-corrected chi connectivity index (χ3v) is 3.63. The zero-order chi connectivity index (χ0) is 13.8. The molecule has 0 radical (unpaired) electrons. The summed E-state index contributed by atoms with van der Waals surface area (Å²) in [6, 6.07) is 7.26. The molecule has 0 spiro atoms. The van der Waals surface area contributed by atoms with E-state index in [0.717, 1.165) is 22.1 Å². The average Bonchev–Trinajstić information content (AvgIpc) is 2.97. The van der Waals surface area contributed by atoms with E-state index in [2.05, 4.69) is 15.0 Å². The van der Waals surface area contributed by atoms with Gasteiger partial charge in [-0.15, -0.1) is 11.3 Å². The summed E-state index contributed by atoms with van der Waals surface area (Å²) in [4.78, 5) is 12.7. The highest BCUT2D eigenvalue weighted by Crippen LogP contribution is 2.21. The summed E-state index contributed by atoms with van der Waals surface area (Å²) in [6.45, 7) is 0.423. The maximum Gasteiger partial charge on any atom is 0.140 e. The Labute approximate surface area is 125 Å². The van der Waals surface area contributed by atoms with Gasteiger partial charge in [0.25, 0.3) is 0 Å². The van der Waals surface area contributed by atoms with Crippen LogP contribution in [-0.2, 0) is 6.61 Å². The SMILES string of the molecule is Clc1ccc(OCc2nc(-c3cnccn3)cs2)cc1. The Balaban J connectivity index is 1.67. The van der Waals surface area contributed by atoms with Crippen molar-refractivity contribution in [2.24, 2.45) is 0 Å². The van der Waals surface area contributed by atoms with Gasteiger partial charge in [0.15, 0.2) is 0 Å². The van der Waals surface area contributed by atoms with Gasteiger partial charge in [0.2, 0.25) is 0 Å². The fraction of sp³-hybridized carbons (Fsp3) is 0.0714. The Kier molecular flexibility index (Phi) is 3.90. The quantitative estimate of drug-likeness (QED) is 0.735. The van der Waals surface area contributed by atoms with Gasteiger partial charge in [0.05, 0.1) is 6.20 Å². The molecule has 0 amide bonds. The molecule has 3 aromatic rings. The number of hydrogen-bond donors (Lipinski definition) is 0. The van der Waals surface area contributed by atoms with Crippen LogP contribution in [0.15, 0.2) is 48.2 Å². The van der Waals surface area contributed by atoms with Crippen molar-refractivity contribution in [3.8, 4) is 17.1 Å². The van der Waals surface area contributed by atoms with Gasteiger partial charge in [-0.05, 0) is 24.3 Å². The van der Waals surface area contributed by atoms with Crippen LogP contribution in [0.3, 0.4) is 0 Å². The lowest BCUT2D eigenvalue weighted by atomic mass is 10.3. The van der Waals surface area contributed by atoms with Crippen molar-refractivity contribution in [1.29, 1.82) is 0 Å². The van der Waals surface area contributed by atoms with Crippen LogP contribution in [-0.4, -0.2) is 15.0 Å². The molecule has 4 nitrogen and oxygen atoms in total. The van der Waals surface area contributed by atoms with Crippen LogP contribution in [0, 0.1) is 0 Å². The molecular weight excluding hydrogens is 294 g/mol. The van der Waals surface area contributed by atoms with Gasteiger partial charge in [-0.3, -0.25) is 9.97 Å². The normalized spacial score (nSPS) is 10.4. The summed E-state index contributed by atoms with van der Waals surface area (Å²) in [7, 11) is 0. The van der Waals surface area contributed by atoms with Crippen molar-refractivity contribution in [2.45, 2.75) is 6.61 Å². The van der Waals surface area contributed by atoms with Crippen molar-refractivity contribution < 1.29 is 4.74 Å².